The lowest BCUT2D eigenvalue weighted by Gasteiger charge is -2.24. The lowest BCUT2D eigenvalue weighted by atomic mass is 9.96. The van der Waals surface area contributed by atoms with Gasteiger partial charge >= 0.3 is 5.97 Å². The fraction of sp³-hybridized carbons (Fsp3) is 0.355. The predicted molar refractivity (Wildman–Crippen MR) is 153 cm³/mol. The van der Waals surface area contributed by atoms with E-state index in [0.717, 1.165) is 42.5 Å². The van der Waals surface area contributed by atoms with Gasteiger partial charge in [0.1, 0.15) is 4.53 Å². The zero-order valence-corrected chi connectivity index (χ0v) is 23.4. The van der Waals surface area contributed by atoms with Crippen LogP contribution >= 0.6 is 11.3 Å². The number of anilines is 1. The number of aromatic nitrogens is 1. The Labute approximate surface area is 231 Å². The number of unbranched alkanes of at least 4 members (excludes halogenated alkanes) is 4. The van der Waals surface area contributed by atoms with Crippen molar-refractivity contribution < 1.29 is 14.3 Å². The van der Waals surface area contributed by atoms with E-state index in [4.69, 9.17) is 4.74 Å². The van der Waals surface area contributed by atoms with Gasteiger partial charge in [0.25, 0.3) is 11.5 Å². The van der Waals surface area contributed by atoms with Crippen molar-refractivity contribution in [2.45, 2.75) is 58.9 Å². The predicted octanol–water partition coefficient (Wildman–Crippen LogP) is 4.49. The number of ether oxygens (including phenoxy) is 1. The molecule has 202 valence electrons. The van der Waals surface area contributed by atoms with Crippen molar-refractivity contribution in [2.75, 3.05) is 18.1 Å². The topological polar surface area (TPSA) is 81.0 Å². The first kappa shape index (κ1) is 26.8. The molecule has 2 aromatic carbocycles. The first-order chi connectivity index (χ1) is 19.0. The van der Waals surface area contributed by atoms with E-state index in [2.05, 4.69) is 11.9 Å². The molecule has 2 aliphatic rings. The molecule has 1 aromatic heterocycles. The summed E-state index contributed by atoms with van der Waals surface area (Å²) in [5.74, 6) is -0.656. The first-order valence-electron chi connectivity index (χ1n) is 13.7. The molecule has 3 heterocycles. The summed E-state index contributed by atoms with van der Waals surface area (Å²) in [6.45, 7) is 6.52. The number of carbonyl (C=O) groups excluding carboxylic acids is 2. The van der Waals surface area contributed by atoms with Crippen LogP contribution in [0.1, 0.15) is 70.0 Å². The minimum atomic E-state index is -0.697. The maximum atomic E-state index is 14.2. The van der Waals surface area contributed by atoms with Crippen molar-refractivity contribution in [1.82, 2.24) is 4.57 Å². The standard InChI is InChI=1S/C31H33N3O4S/c1-4-6-7-8-14-19-33-23-18-13-12-17-22(23)25(28(33)35)27-29(36)34-26(21-15-10-9-11-16-21)24(30(37)38-5-2)20(3)32-31(34)39-27/h9-13,15-18,26H,4-8,14,19H2,1-3H3/b27-25-. The highest BCUT2D eigenvalue weighted by Crippen LogP contribution is 2.36. The normalized spacial score (nSPS) is 17.7. The molecule has 1 unspecified atom stereocenters. The first-order valence-corrected chi connectivity index (χ1v) is 14.5. The van der Waals surface area contributed by atoms with E-state index in [1.165, 1.54) is 17.8 Å². The molecule has 5 rings (SSSR count). The van der Waals surface area contributed by atoms with Gasteiger partial charge in [0, 0.05) is 12.1 Å². The molecular formula is C31H33N3O4S. The fourth-order valence-electron chi connectivity index (χ4n) is 5.39. The van der Waals surface area contributed by atoms with Crippen molar-refractivity contribution in [3.8, 4) is 0 Å². The summed E-state index contributed by atoms with van der Waals surface area (Å²) in [7, 11) is 0. The van der Waals surface area contributed by atoms with Gasteiger partial charge in [-0.05, 0) is 31.9 Å². The third-order valence-corrected chi connectivity index (χ3v) is 8.30. The molecule has 1 atom stereocenters. The average molecular weight is 544 g/mol. The number of thiazole rings is 1. The number of benzene rings is 2. The molecule has 0 saturated carbocycles. The van der Waals surface area contributed by atoms with Crippen molar-refractivity contribution in [1.29, 1.82) is 0 Å². The number of esters is 1. The minimum Gasteiger partial charge on any atom is -0.463 e. The molecule has 7 nitrogen and oxygen atoms in total. The largest absolute Gasteiger partial charge is 0.463 e. The molecular weight excluding hydrogens is 510 g/mol. The van der Waals surface area contributed by atoms with Gasteiger partial charge in [-0.25, -0.2) is 9.79 Å². The van der Waals surface area contributed by atoms with Crippen LogP contribution in [0, 0.1) is 0 Å². The van der Waals surface area contributed by atoms with Gasteiger partial charge in [-0.2, -0.15) is 0 Å². The third kappa shape index (κ3) is 4.89. The van der Waals surface area contributed by atoms with Gasteiger partial charge in [0.15, 0.2) is 4.80 Å². The Balaban J connectivity index is 1.66. The lowest BCUT2D eigenvalue weighted by molar-refractivity contribution is -0.139. The summed E-state index contributed by atoms with van der Waals surface area (Å²) in [5.41, 5.74) is 3.30. The zero-order chi connectivity index (χ0) is 27.5. The van der Waals surface area contributed by atoms with Crippen LogP contribution in [0.3, 0.4) is 0 Å². The summed E-state index contributed by atoms with van der Waals surface area (Å²) >= 11 is 1.21. The van der Waals surface area contributed by atoms with Gasteiger partial charge < -0.3 is 9.64 Å². The molecule has 0 spiro atoms. The van der Waals surface area contributed by atoms with Crippen molar-refractivity contribution in [2.24, 2.45) is 4.99 Å². The summed E-state index contributed by atoms with van der Waals surface area (Å²) in [5, 5.41) is 0. The monoisotopic (exact) mass is 543 g/mol. The molecule has 39 heavy (non-hydrogen) atoms. The van der Waals surface area contributed by atoms with Crippen LogP contribution in [-0.4, -0.2) is 29.6 Å². The summed E-state index contributed by atoms with van der Waals surface area (Å²) < 4.78 is 7.26. The van der Waals surface area contributed by atoms with E-state index in [9.17, 15) is 14.4 Å². The number of carbonyl (C=O) groups is 2. The Morgan fingerprint density at radius 3 is 2.44 bits per heavy atom. The SMILES string of the molecule is CCCCCCCN1C(=O)/C(=c2\sc3n(c2=O)C(c2ccccc2)C(C(=O)OCC)=C(C)N=3)c2ccccc21. The maximum Gasteiger partial charge on any atom is 0.338 e. The van der Waals surface area contributed by atoms with E-state index >= 15 is 0 Å². The molecule has 1 amide bonds. The summed E-state index contributed by atoms with van der Waals surface area (Å²) in [6.07, 6.45) is 5.46. The van der Waals surface area contributed by atoms with E-state index in [-0.39, 0.29) is 18.1 Å². The molecule has 0 saturated heterocycles. The van der Waals surface area contributed by atoms with Gasteiger partial charge in [0.05, 0.1) is 35.2 Å². The van der Waals surface area contributed by atoms with Gasteiger partial charge in [0.2, 0.25) is 0 Å². The number of para-hydroxylation sites is 1. The van der Waals surface area contributed by atoms with Gasteiger partial charge in [-0.1, -0.05) is 92.5 Å². The Hall–Kier alpha value is -3.78. The van der Waals surface area contributed by atoms with Crippen molar-refractivity contribution in [3.05, 3.63) is 96.7 Å². The highest BCUT2D eigenvalue weighted by molar-refractivity contribution is 7.07. The average Bonchev–Trinajstić information content (AvgIpc) is 3.40. The number of fused-ring (bicyclic) bond motifs is 2. The molecule has 0 radical (unpaired) electrons. The van der Waals surface area contributed by atoms with Crippen LogP contribution in [0.15, 0.2) is 75.7 Å². The molecule has 0 N–H and O–H groups in total. The zero-order valence-electron chi connectivity index (χ0n) is 22.6. The number of nitrogens with zero attached hydrogens (tertiary/aromatic N) is 3. The van der Waals surface area contributed by atoms with Crippen LogP contribution in [0.5, 0.6) is 0 Å². The Kier molecular flexibility index (Phi) is 7.93. The van der Waals surface area contributed by atoms with E-state index in [1.54, 1.807) is 23.3 Å². The number of hydrogen-bond acceptors (Lipinski definition) is 6. The third-order valence-electron chi connectivity index (χ3n) is 7.24. The van der Waals surface area contributed by atoms with Crippen LogP contribution in [0.2, 0.25) is 0 Å². The highest BCUT2D eigenvalue weighted by atomic mass is 32.1. The van der Waals surface area contributed by atoms with Crippen LogP contribution in [-0.2, 0) is 14.3 Å². The Bertz CT molecular complexity index is 1620. The number of allylic oxidation sites excluding steroid dienone is 1. The van der Waals surface area contributed by atoms with E-state index in [1.807, 2.05) is 54.6 Å². The Morgan fingerprint density at radius 2 is 1.69 bits per heavy atom. The summed E-state index contributed by atoms with van der Waals surface area (Å²) in [6, 6.07) is 16.4. The van der Waals surface area contributed by atoms with Crippen molar-refractivity contribution >= 4 is 34.5 Å². The van der Waals surface area contributed by atoms with E-state index in [0.29, 0.717) is 32.7 Å². The molecule has 0 bridgehead atoms. The van der Waals surface area contributed by atoms with Gasteiger partial charge in [-0.3, -0.25) is 14.2 Å². The van der Waals surface area contributed by atoms with Gasteiger partial charge in [-0.15, -0.1) is 0 Å². The summed E-state index contributed by atoms with van der Waals surface area (Å²) in [4.78, 5) is 48.0. The molecule has 3 aromatic rings. The molecule has 0 fully saturated rings. The number of amides is 1. The Morgan fingerprint density at radius 1 is 0.974 bits per heavy atom. The molecule has 2 aliphatic heterocycles. The van der Waals surface area contributed by atoms with Crippen LogP contribution < -0.4 is 19.8 Å². The lowest BCUT2D eigenvalue weighted by Crippen LogP contribution is -2.41. The quantitative estimate of drug-likeness (QED) is 0.294. The second kappa shape index (κ2) is 11.5. The fourth-order valence-corrected chi connectivity index (χ4v) is 6.52. The minimum absolute atomic E-state index is 0.158. The number of hydrogen-bond donors (Lipinski definition) is 0. The second-order valence-corrected chi connectivity index (χ2v) is 10.8. The highest BCUT2D eigenvalue weighted by Gasteiger charge is 2.37. The van der Waals surface area contributed by atoms with Crippen LogP contribution in [0.25, 0.3) is 5.57 Å². The second-order valence-electron chi connectivity index (χ2n) is 9.80. The molecule has 8 heteroatoms. The van der Waals surface area contributed by atoms with Crippen LogP contribution in [0.4, 0.5) is 5.69 Å². The van der Waals surface area contributed by atoms with Crippen molar-refractivity contribution in [3.63, 3.8) is 0 Å². The molecule has 0 aliphatic carbocycles. The number of rotatable bonds is 9. The maximum absolute atomic E-state index is 14.2. The van der Waals surface area contributed by atoms with E-state index < -0.39 is 12.0 Å². The smallest absolute Gasteiger partial charge is 0.338 e.